The summed E-state index contributed by atoms with van der Waals surface area (Å²) in [5.41, 5.74) is 0.463. The molecule has 2 aliphatic carbocycles. The molecule has 0 aromatic heterocycles. The summed E-state index contributed by atoms with van der Waals surface area (Å²) in [6.07, 6.45) is 3.38. The van der Waals surface area contributed by atoms with Crippen molar-refractivity contribution in [1.29, 1.82) is 0 Å². The van der Waals surface area contributed by atoms with E-state index in [1.54, 1.807) is 12.1 Å². The summed E-state index contributed by atoms with van der Waals surface area (Å²) >= 11 is 3.29. The summed E-state index contributed by atoms with van der Waals surface area (Å²) in [5.74, 6) is -0.119. The number of hydrogen-bond donors (Lipinski definition) is 1. The molecule has 2 fully saturated rings. The molecule has 0 spiro atoms. The van der Waals surface area contributed by atoms with Gasteiger partial charge in [-0.25, -0.2) is 4.39 Å². The molecule has 2 nitrogen and oxygen atoms in total. The number of hydrogen-bond acceptors (Lipinski definition) is 1. The molecule has 0 heterocycles. The highest BCUT2D eigenvalue weighted by Crippen LogP contribution is 2.65. The largest absolute Gasteiger partial charge is 0.349 e. The first-order valence-corrected chi connectivity index (χ1v) is 8.31. The smallest absolute Gasteiger partial charge is 0.254 e. The van der Waals surface area contributed by atoms with Gasteiger partial charge in [-0.3, -0.25) is 4.79 Å². The van der Waals surface area contributed by atoms with Crippen LogP contribution in [0.1, 0.15) is 50.4 Å². The van der Waals surface area contributed by atoms with E-state index in [0.717, 1.165) is 12.8 Å². The van der Waals surface area contributed by atoms with E-state index in [-0.39, 0.29) is 28.3 Å². The van der Waals surface area contributed by atoms with Gasteiger partial charge in [0.25, 0.3) is 5.91 Å². The van der Waals surface area contributed by atoms with Crippen molar-refractivity contribution in [2.24, 2.45) is 16.7 Å². The third-order valence-electron chi connectivity index (χ3n) is 6.27. The van der Waals surface area contributed by atoms with Crippen molar-refractivity contribution in [3.63, 3.8) is 0 Å². The standard InChI is InChI=1S/C17H21BrFNO/c1-16(2)10-6-7-17(16,3)14(8-10)20-15(21)12-9-11(18)4-5-13(12)19/h4-5,9-10,14H,6-8H2,1-3H3,(H,20,21). The van der Waals surface area contributed by atoms with Gasteiger partial charge in [0.1, 0.15) is 5.82 Å². The molecule has 0 saturated heterocycles. The van der Waals surface area contributed by atoms with Crippen LogP contribution in [0.25, 0.3) is 0 Å². The van der Waals surface area contributed by atoms with Gasteiger partial charge in [-0.1, -0.05) is 36.7 Å². The average molecular weight is 354 g/mol. The van der Waals surface area contributed by atoms with Crippen molar-refractivity contribution in [3.8, 4) is 0 Å². The van der Waals surface area contributed by atoms with E-state index in [1.165, 1.54) is 12.5 Å². The van der Waals surface area contributed by atoms with Crippen LogP contribution in [0.5, 0.6) is 0 Å². The van der Waals surface area contributed by atoms with Crippen LogP contribution in [0, 0.1) is 22.6 Å². The quantitative estimate of drug-likeness (QED) is 0.831. The number of carbonyl (C=O) groups excluding carboxylic acids is 1. The van der Waals surface area contributed by atoms with Gasteiger partial charge in [-0.2, -0.15) is 0 Å². The summed E-state index contributed by atoms with van der Waals surface area (Å²) in [4.78, 5) is 12.4. The topological polar surface area (TPSA) is 29.1 Å². The third kappa shape index (κ3) is 2.14. The first kappa shape index (κ1) is 15.0. The van der Waals surface area contributed by atoms with Crippen LogP contribution in [0.15, 0.2) is 22.7 Å². The van der Waals surface area contributed by atoms with Crippen molar-refractivity contribution >= 4 is 21.8 Å². The van der Waals surface area contributed by atoms with Gasteiger partial charge in [0.15, 0.2) is 0 Å². The van der Waals surface area contributed by atoms with Crippen molar-refractivity contribution in [2.45, 2.75) is 46.1 Å². The van der Waals surface area contributed by atoms with Crippen LogP contribution < -0.4 is 5.32 Å². The maximum absolute atomic E-state index is 13.8. The van der Waals surface area contributed by atoms with E-state index in [4.69, 9.17) is 0 Å². The predicted octanol–water partition coefficient (Wildman–Crippen LogP) is 4.53. The van der Waals surface area contributed by atoms with Crippen molar-refractivity contribution in [3.05, 3.63) is 34.1 Å². The van der Waals surface area contributed by atoms with Gasteiger partial charge < -0.3 is 5.32 Å². The SMILES string of the molecule is CC1(C)C2CCC1(C)C(NC(=O)c1cc(Br)ccc1F)C2. The van der Waals surface area contributed by atoms with Gasteiger partial charge in [0.05, 0.1) is 5.56 Å². The second-order valence-corrected chi connectivity index (χ2v) is 8.18. The minimum absolute atomic E-state index is 0.107. The second kappa shape index (κ2) is 4.80. The summed E-state index contributed by atoms with van der Waals surface area (Å²) in [6.45, 7) is 6.87. The summed E-state index contributed by atoms with van der Waals surface area (Å²) < 4.78 is 14.6. The minimum atomic E-state index is -0.469. The lowest BCUT2D eigenvalue weighted by atomic mass is 9.69. The zero-order valence-electron chi connectivity index (χ0n) is 12.7. The van der Waals surface area contributed by atoms with Crippen molar-refractivity contribution < 1.29 is 9.18 Å². The second-order valence-electron chi connectivity index (χ2n) is 7.26. The van der Waals surface area contributed by atoms with E-state index < -0.39 is 5.82 Å². The van der Waals surface area contributed by atoms with Crippen LogP contribution in [0.4, 0.5) is 4.39 Å². The fourth-order valence-corrected chi connectivity index (χ4v) is 4.69. The van der Waals surface area contributed by atoms with E-state index in [0.29, 0.717) is 10.4 Å². The first-order chi connectivity index (χ1) is 9.75. The molecule has 4 heteroatoms. The van der Waals surface area contributed by atoms with Crippen molar-refractivity contribution in [2.75, 3.05) is 0 Å². The fourth-order valence-electron chi connectivity index (χ4n) is 4.33. The molecule has 3 unspecified atom stereocenters. The molecular weight excluding hydrogens is 333 g/mol. The molecule has 1 aromatic rings. The molecule has 2 saturated carbocycles. The van der Waals surface area contributed by atoms with Gasteiger partial charge >= 0.3 is 0 Å². The Balaban J connectivity index is 1.82. The number of rotatable bonds is 2. The average Bonchev–Trinajstić information content (AvgIpc) is 2.74. The highest BCUT2D eigenvalue weighted by atomic mass is 79.9. The van der Waals surface area contributed by atoms with Crippen LogP contribution >= 0.6 is 15.9 Å². The number of fused-ring (bicyclic) bond motifs is 2. The molecule has 21 heavy (non-hydrogen) atoms. The van der Waals surface area contributed by atoms with Crippen molar-refractivity contribution in [1.82, 2.24) is 5.32 Å². The number of halogens is 2. The normalized spacial score (nSPS) is 33.2. The van der Waals surface area contributed by atoms with Crippen LogP contribution in [-0.2, 0) is 0 Å². The zero-order valence-corrected chi connectivity index (χ0v) is 14.3. The third-order valence-corrected chi connectivity index (χ3v) is 6.77. The van der Waals surface area contributed by atoms with E-state index >= 15 is 0 Å². The molecular formula is C17H21BrFNO. The summed E-state index contributed by atoms with van der Waals surface area (Å²) in [5, 5.41) is 3.09. The fraction of sp³-hybridized carbons (Fsp3) is 0.588. The first-order valence-electron chi connectivity index (χ1n) is 7.51. The predicted molar refractivity (Wildman–Crippen MR) is 84.6 cm³/mol. The minimum Gasteiger partial charge on any atom is -0.349 e. The molecule has 3 atom stereocenters. The van der Waals surface area contributed by atoms with Crippen LogP contribution in [0.2, 0.25) is 0 Å². The molecule has 2 aliphatic rings. The number of carbonyl (C=O) groups is 1. The number of amides is 1. The summed E-state index contributed by atoms with van der Waals surface area (Å²) in [7, 11) is 0. The Morgan fingerprint density at radius 2 is 2.10 bits per heavy atom. The Morgan fingerprint density at radius 3 is 2.67 bits per heavy atom. The van der Waals surface area contributed by atoms with E-state index in [2.05, 4.69) is 42.0 Å². The highest BCUT2D eigenvalue weighted by molar-refractivity contribution is 9.10. The molecule has 1 aromatic carbocycles. The molecule has 0 radical (unpaired) electrons. The number of benzene rings is 1. The molecule has 114 valence electrons. The lowest BCUT2D eigenvalue weighted by Gasteiger charge is -2.39. The number of nitrogens with one attached hydrogen (secondary N) is 1. The zero-order chi connectivity index (χ0) is 15.4. The Bertz CT molecular complexity index is 600. The lowest BCUT2D eigenvalue weighted by Crippen LogP contribution is -2.47. The molecule has 1 amide bonds. The highest BCUT2D eigenvalue weighted by Gasteiger charge is 2.61. The molecule has 3 rings (SSSR count). The maximum atomic E-state index is 13.8. The van der Waals surface area contributed by atoms with Crippen LogP contribution in [-0.4, -0.2) is 11.9 Å². The van der Waals surface area contributed by atoms with Gasteiger partial charge in [-0.05, 0) is 54.2 Å². The van der Waals surface area contributed by atoms with E-state index in [1.807, 2.05) is 0 Å². The Kier molecular flexibility index (Phi) is 3.43. The molecule has 1 N–H and O–H groups in total. The maximum Gasteiger partial charge on any atom is 0.254 e. The van der Waals surface area contributed by atoms with Gasteiger partial charge in [-0.15, -0.1) is 0 Å². The Morgan fingerprint density at radius 1 is 1.38 bits per heavy atom. The Hall–Kier alpha value is -0.900. The Labute approximate surface area is 133 Å². The monoisotopic (exact) mass is 353 g/mol. The van der Waals surface area contributed by atoms with Crippen LogP contribution in [0.3, 0.4) is 0 Å². The van der Waals surface area contributed by atoms with Gasteiger partial charge in [0.2, 0.25) is 0 Å². The lowest BCUT2D eigenvalue weighted by molar-refractivity contribution is 0.0822. The molecule has 0 aliphatic heterocycles. The van der Waals surface area contributed by atoms with E-state index in [9.17, 15) is 9.18 Å². The van der Waals surface area contributed by atoms with Gasteiger partial charge in [0, 0.05) is 10.5 Å². The summed E-state index contributed by atoms with van der Waals surface area (Å²) in [6, 6.07) is 4.61. The molecule has 2 bridgehead atoms.